The molecule has 0 saturated carbocycles. The summed E-state index contributed by atoms with van der Waals surface area (Å²) in [5.41, 5.74) is 7.17. The SMILES string of the molecule is CC(=O)c1ccccc1S.CCC(=O)c1ccccc1SSc1ccccc1C(=O)NC.CN.CNC(=O)c1ccccc1S.CO.CO.[H-].[H-].[Mg+2]. The second-order valence-corrected chi connectivity index (χ2v) is 11.9. The van der Waals surface area contributed by atoms with Crippen molar-refractivity contribution in [2.24, 2.45) is 5.73 Å². The molecule has 0 aliphatic heterocycles. The zero-order chi connectivity index (χ0) is 37.8. The van der Waals surface area contributed by atoms with Crippen molar-refractivity contribution < 1.29 is 32.2 Å². The minimum Gasteiger partial charge on any atom is -1.00 e. The monoisotopic (exact) mass is 771 g/mol. The molecule has 0 saturated heterocycles. The fraction of sp³-hybridized carbons (Fsp3) is 0.222. The maximum absolute atomic E-state index is 12.0. The van der Waals surface area contributed by atoms with Gasteiger partial charge in [0.25, 0.3) is 11.8 Å². The third-order valence-corrected chi connectivity index (χ3v) is 9.01. The van der Waals surface area contributed by atoms with Crippen molar-refractivity contribution in [1.29, 1.82) is 0 Å². The van der Waals surface area contributed by atoms with Gasteiger partial charge in [-0.1, -0.05) is 89.2 Å². The molecule has 0 radical (unpaired) electrons. The van der Waals surface area contributed by atoms with Gasteiger partial charge in [-0.15, -0.1) is 25.3 Å². The molecular weight excluding hydrogens is 723 g/mol. The molecule has 14 heteroatoms. The van der Waals surface area contributed by atoms with Crippen LogP contribution < -0.4 is 16.4 Å². The van der Waals surface area contributed by atoms with E-state index in [-0.39, 0.29) is 49.3 Å². The second-order valence-electron chi connectivity index (χ2n) is 8.68. The van der Waals surface area contributed by atoms with Crippen molar-refractivity contribution in [3.8, 4) is 0 Å². The molecule has 9 nitrogen and oxygen atoms in total. The molecule has 2 amide bonds. The molecular formula is C36H49MgN3O6S4. The summed E-state index contributed by atoms with van der Waals surface area (Å²) in [4.78, 5) is 49.0. The molecule has 0 aliphatic rings. The van der Waals surface area contributed by atoms with E-state index in [0.29, 0.717) is 28.0 Å². The van der Waals surface area contributed by atoms with Crippen LogP contribution in [0.1, 0.15) is 64.6 Å². The molecule has 0 aromatic heterocycles. The summed E-state index contributed by atoms with van der Waals surface area (Å²) in [6, 6.07) is 29.5. The molecule has 0 fully saturated rings. The summed E-state index contributed by atoms with van der Waals surface area (Å²) in [5, 5.41) is 19.2. The number of aliphatic hydroxyl groups is 2. The molecule has 270 valence electrons. The van der Waals surface area contributed by atoms with Crippen LogP contribution in [0.5, 0.6) is 0 Å². The number of hydrogen-bond donors (Lipinski definition) is 7. The van der Waals surface area contributed by atoms with Crippen LogP contribution in [0.15, 0.2) is 117 Å². The Morgan fingerprint density at radius 2 is 0.940 bits per heavy atom. The van der Waals surface area contributed by atoms with E-state index in [1.54, 1.807) is 44.4 Å². The van der Waals surface area contributed by atoms with E-state index in [1.807, 2.05) is 73.7 Å². The summed E-state index contributed by atoms with van der Waals surface area (Å²) >= 11 is 8.25. The predicted octanol–water partition coefficient (Wildman–Crippen LogP) is 6.59. The Labute approximate surface area is 334 Å². The number of carbonyl (C=O) groups is 4. The van der Waals surface area contributed by atoms with Gasteiger partial charge in [0.2, 0.25) is 0 Å². The number of nitrogens with two attached hydrogens (primary N) is 1. The molecule has 0 heterocycles. The zero-order valence-corrected chi connectivity index (χ0v) is 34.3. The van der Waals surface area contributed by atoms with E-state index in [0.717, 1.165) is 34.5 Å². The number of amides is 2. The second kappa shape index (κ2) is 32.1. The van der Waals surface area contributed by atoms with Crippen molar-refractivity contribution in [2.75, 3.05) is 35.4 Å². The van der Waals surface area contributed by atoms with Gasteiger partial charge in [0, 0.05) is 65.4 Å². The maximum Gasteiger partial charge on any atom is 2.00 e. The Bertz CT molecular complexity index is 1530. The zero-order valence-electron chi connectivity index (χ0n) is 31.5. The Morgan fingerprint density at radius 3 is 1.30 bits per heavy atom. The number of aliphatic hydroxyl groups excluding tert-OH is 2. The van der Waals surface area contributed by atoms with Gasteiger partial charge < -0.3 is 29.4 Å². The Hall–Kier alpha value is -2.79. The van der Waals surface area contributed by atoms with E-state index in [1.165, 1.54) is 35.6 Å². The van der Waals surface area contributed by atoms with Gasteiger partial charge in [-0.2, -0.15) is 0 Å². The summed E-state index contributed by atoms with van der Waals surface area (Å²) in [7, 11) is 9.71. The topological polar surface area (TPSA) is 159 Å². The van der Waals surface area contributed by atoms with Gasteiger partial charge in [-0.3, -0.25) is 19.2 Å². The smallest absolute Gasteiger partial charge is 1.00 e. The van der Waals surface area contributed by atoms with Gasteiger partial charge in [0.15, 0.2) is 11.6 Å². The Kier molecular flexibility index (Phi) is 33.1. The molecule has 4 aromatic carbocycles. The van der Waals surface area contributed by atoms with E-state index in [2.05, 4.69) is 41.6 Å². The summed E-state index contributed by atoms with van der Waals surface area (Å²) in [6.07, 6.45) is 0.483. The quantitative estimate of drug-likeness (QED) is 0.0455. The fourth-order valence-corrected chi connectivity index (χ4v) is 6.44. The standard InChI is InChI=1S/C17H17NO2S2.C8H9NOS.C8H8OS.CH5N.2CH4O.Mg.2H/c1-3-14(19)12-8-4-6-10-15(12)21-22-16-11-7-5-9-13(16)17(20)18-2;1-9-8(10)6-4-2-3-5-7(6)11;1-6(9)7-4-2-3-5-8(7)10;3*1-2;;;/h4-11H,3H2,1-2H3,(H,18,20);2-5,11H,1H3,(H,9,10);2-5,10H,1H3;2H2,1H3;2*2H,1H3;;;/q;;;;;;+2;2*-1. The van der Waals surface area contributed by atoms with Crippen molar-refractivity contribution in [2.45, 2.75) is 39.9 Å². The van der Waals surface area contributed by atoms with Crippen LogP contribution in [-0.4, -0.2) is 92.0 Å². The van der Waals surface area contributed by atoms with Gasteiger partial charge in [-0.05, 0) is 50.4 Å². The van der Waals surface area contributed by atoms with Crippen molar-refractivity contribution in [3.63, 3.8) is 0 Å². The molecule has 0 unspecified atom stereocenters. The van der Waals surface area contributed by atoms with Crippen LogP contribution in [-0.2, 0) is 0 Å². The summed E-state index contributed by atoms with van der Waals surface area (Å²) < 4.78 is 0. The third kappa shape index (κ3) is 19.0. The van der Waals surface area contributed by atoms with Crippen molar-refractivity contribution in [1.82, 2.24) is 10.6 Å². The molecule has 4 rings (SSSR count). The number of rotatable bonds is 8. The van der Waals surface area contributed by atoms with Crippen LogP contribution >= 0.6 is 46.8 Å². The maximum atomic E-state index is 12.0. The fourth-order valence-electron chi connectivity index (χ4n) is 3.48. The molecule has 0 spiro atoms. The average molecular weight is 772 g/mol. The van der Waals surface area contributed by atoms with Gasteiger partial charge in [0.05, 0.1) is 11.1 Å². The number of benzene rings is 4. The average Bonchev–Trinajstić information content (AvgIpc) is 3.16. The Balaban J connectivity index is -0.000000209. The molecule has 6 N–H and O–H groups in total. The number of carbonyl (C=O) groups excluding carboxylic acids is 4. The molecule has 4 aromatic rings. The number of thiol groups is 2. The molecule has 50 heavy (non-hydrogen) atoms. The normalized spacial score (nSPS) is 8.80. The van der Waals surface area contributed by atoms with Gasteiger partial charge in [-0.25, -0.2) is 0 Å². The molecule has 0 aliphatic carbocycles. The summed E-state index contributed by atoms with van der Waals surface area (Å²) in [5.74, 6) is -0.0221. The number of Topliss-reactive ketones (excluding diaryl/α,β-unsaturated/α-hetero) is 2. The predicted molar refractivity (Wildman–Crippen MR) is 218 cm³/mol. The first kappa shape index (κ1) is 51.6. The van der Waals surface area contributed by atoms with Gasteiger partial charge >= 0.3 is 23.1 Å². The van der Waals surface area contributed by atoms with Crippen LogP contribution in [0.2, 0.25) is 0 Å². The first-order chi connectivity index (χ1) is 23.6. The van der Waals surface area contributed by atoms with Crippen LogP contribution in [0.3, 0.4) is 0 Å². The number of hydrogen-bond acceptors (Lipinski definition) is 11. The third-order valence-electron chi connectivity index (χ3n) is 5.75. The number of ketones is 2. The van der Waals surface area contributed by atoms with E-state index in [4.69, 9.17) is 10.2 Å². The van der Waals surface area contributed by atoms with E-state index in [9.17, 15) is 19.2 Å². The minimum atomic E-state index is -0.110. The largest absolute Gasteiger partial charge is 2.00 e. The van der Waals surface area contributed by atoms with E-state index < -0.39 is 0 Å². The first-order valence-corrected chi connectivity index (χ1v) is 17.7. The van der Waals surface area contributed by atoms with Crippen LogP contribution in [0.25, 0.3) is 0 Å². The van der Waals surface area contributed by atoms with Crippen molar-refractivity contribution in [3.05, 3.63) is 119 Å². The van der Waals surface area contributed by atoms with Gasteiger partial charge in [0.1, 0.15) is 0 Å². The molecule has 0 atom stereocenters. The van der Waals surface area contributed by atoms with E-state index >= 15 is 0 Å². The first-order valence-electron chi connectivity index (χ1n) is 14.7. The van der Waals surface area contributed by atoms with Crippen LogP contribution in [0.4, 0.5) is 0 Å². The molecule has 0 bridgehead atoms. The number of nitrogens with one attached hydrogen (secondary N) is 2. The Morgan fingerprint density at radius 1 is 0.620 bits per heavy atom. The van der Waals surface area contributed by atoms with Crippen molar-refractivity contribution >= 4 is 93.3 Å². The summed E-state index contributed by atoms with van der Waals surface area (Å²) in [6.45, 7) is 3.40. The van der Waals surface area contributed by atoms with Crippen LogP contribution in [0, 0.1) is 0 Å². The minimum absolute atomic E-state index is 0.